The molecule has 3 rings (SSSR count). The molecule has 0 bridgehead atoms. The maximum atomic E-state index is 5.56. The Hall–Kier alpha value is -1.65. The summed E-state index contributed by atoms with van der Waals surface area (Å²) in [6.07, 6.45) is 3.00. The topological polar surface area (TPSA) is 43.8 Å². The van der Waals surface area contributed by atoms with Crippen molar-refractivity contribution >= 4 is 22.2 Å². The molecule has 0 aliphatic carbocycles. The molecule has 0 unspecified atom stereocenters. The third kappa shape index (κ3) is 1.83. The first-order valence-corrected chi connectivity index (χ1v) is 6.86. The molecule has 0 aliphatic heterocycles. The second kappa shape index (κ2) is 4.55. The van der Waals surface area contributed by atoms with Gasteiger partial charge in [0, 0.05) is 41.5 Å². The van der Waals surface area contributed by atoms with E-state index in [1.165, 1.54) is 16.5 Å². The quantitative estimate of drug-likeness (QED) is 0.784. The van der Waals surface area contributed by atoms with E-state index in [4.69, 9.17) is 5.73 Å². The van der Waals surface area contributed by atoms with Crippen LogP contribution in [0.2, 0.25) is 0 Å². The van der Waals surface area contributed by atoms with Crippen LogP contribution in [0, 0.1) is 0 Å². The molecule has 0 amide bonds. The first-order chi connectivity index (χ1) is 8.79. The highest BCUT2D eigenvalue weighted by atomic mass is 32.1. The summed E-state index contributed by atoms with van der Waals surface area (Å²) in [5.74, 6) is 0. The number of hydrogen-bond donors (Lipinski definition) is 1. The first-order valence-electron chi connectivity index (χ1n) is 5.98. The van der Waals surface area contributed by atoms with Crippen LogP contribution in [0.3, 0.4) is 0 Å². The Morgan fingerprint density at radius 2 is 2.17 bits per heavy atom. The van der Waals surface area contributed by atoms with Crippen LogP contribution >= 0.6 is 11.3 Å². The van der Waals surface area contributed by atoms with E-state index < -0.39 is 0 Å². The van der Waals surface area contributed by atoms with Gasteiger partial charge in [-0.15, -0.1) is 11.3 Å². The number of rotatable bonds is 3. The van der Waals surface area contributed by atoms with Gasteiger partial charge in [-0.2, -0.15) is 0 Å². The zero-order valence-electron chi connectivity index (χ0n) is 10.3. The fourth-order valence-corrected chi connectivity index (χ4v) is 3.08. The van der Waals surface area contributed by atoms with Crippen molar-refractivity contribution in [1.82, 2.24) is 9.55 Å². The van der Waals surface area contributed by atoms with Gasteiger partial charge in [-0.05, 0) is 12.6 Å². The Bertz CT molecular complexity index is 681. The summed E-state index contributed by atoms with van der Waals surface area (Å²) in [5.41, 5.74) is 9.10. The second-order valence-corrected chi connectivity index (χ2v) is 5.21. The fraction of sp³-hybridized carbons (Fsp3) is 0.214. The van der Waals surface area contributed by atoms with Gasteiger partial charge in [0.25, 0.3) is 0 Å². The molecule has 0 aliphatic rings. The Morgan fingerprint density at radius 1 is 1.33 bits per heavy atom. The van der Waals surface area contributed by atoms with E-state index in [1.54, 1.807) is 11.3 Å². The van der Waals surface area contributed by atoms with Crippen LogP contribution in [-0.4, -0.2) is 16.1 Å². The standard InChI is InChI=1S/C14H15N3S/c1-17-8-12(11-4-2-3-5-13(11)17)14-16-10(6-7-15)9-18-14/h2-5,8-9H,6-7,15H2,1H3. The molecule has 0 fully saturated rings. The van der Waals surface area contributed by atoms with E-state index in [1.807, 2.05) is 0 Å². The van der Waals surface area contributed by atoms with E-state index in [0.717, 1.165) is 17.1 Å². The molecule has 2 N–H and O–H groups in total. The van der Waals surface area contributed by atoms with E-state index >= 15 is 0 Å². The number of fused-ring (bicyclic) bond motifs is 1. The summed E-state index contributed by atoms with van der Waals surface area (Å²) in [6, 6.07) is 8.41. The third-order valence-electron chi connectivity index (χ3n) is 3.08. The van der Waals surface area contributed by atoms with Crippen molar-refractivity contribution in [2.24, 2.45) is 12.8 Å². The largest absolute Gasteiger partial charge is 0.350 e. The molecule has 3 nitrogen and oxygen atoms in total. The van der Waals surface area contributed by atoms with Crippen molar-refractivity contribution in [3.8, 4) is 10.6 Å². The fourth-order valence-electron chi connectivity index (χ4n) is 2.21. The van der Waals surface area contributed by atoms with Crippen molar-refractivity contribution in [2.75, 3.05) is 6.54 Å². The van der Waals surface area contributed by atoms with Gasteiger partial charge < -0.3 is 10.3 Å². The lowest BCUT2D eigenvalue weighted by Crippen LogP contribution is -2.02. The normalized spacial score (nSPS) is 11.2. The highest BCUT2D eigenvalue weighted by Gasteiger charge is 2.11. The Labute approximate surface area is 110 Å². The van der Waals surface area contributed by atoms with Crippen LogP contribution in [0.15, 0.2) is 35.8 Å². The lowest BCUT2D eigenvalue weighted by molar-refractivity contribution is 0.936. The summed E-state index contributed by atoms with van der Waals surface area (Å²) in [4.78, 5) is 4.66. The van der Waals surface area contributed by atoms with Crippen molar-refractivity contribution in [3.05, 3.63) is 41.5 Å². The number of para-hydroxylation sites is 1. The second-order valence-electron chi connectivity index (χ2n) is 4.35. The van der Waals surface area contributed by atoms with Crippen LogP contribution in [0.5, 0.6) is 0 Å². The minimum absolute atomic E-state index is 0.651. The number of aromatic nitrogens is 2. The third-order valence-corrected chi connectivity index (χ3v) is 4.00. The lowest BCUT2D eigenvalue weighted by atomic mass is 10.2. The molecule has 4 heteroatoms. The van der Waals surface area contributed by atoms with Crippen molar-refractivity contribution in [1.29, 1.82) is 0 Å². The van der Waals surface area contributed by atoms with Crippen molar-refractivity contribution in [2.45, 2.75) is 6.42 Å². The Kier molecular flexibility index (Phi) is 2.89. The smallest absolute Gasteiger partial charge is 0.125 e. The van der Waals surface area contributed by atoms with Crippen LogP contribution in [-0.2, 0) is 13.5 Å². The summed E-state index contributed by atoms with van der Waals surface area (Å²) in [5, 5.41) is 4.44. The van der Waals surface area contributed by atoms with Gasteiger partial charge >= 0.3 is 0 Å². The predicted octanol–water partition coefficient (Wildman–Crippen LogP) is 2.80. The van der Waals surface area contributed by atoms with Gasteiger partial charge in [0.2, 0.25) is 0 Å². The monoisotopic (exact) mass is 257 g/mol. The number of benzene rings is 1. The minimum atomic E-state index is 0.651. The molecule has 3 aromatic rings. The maximum absolute atomic E-state index is 5.56. The number of thiazole rings is 1. The zero-order chi connectivity index (χ0) is 12.5. The summed E-state index contributed by atoms with van der Waals surface area (Å²) in [7, 11) is 2.07. The van der Waals surface area contributed by atoms with Crippen molar-refractivity contribution in [3.63, 3.8) is 0 Å². The lowest BCUT2D eigenvalue weighted by Gasteiger charge is -1.94. The number of nitrogens with zero attached hydrogens (tertiary/aromatic N) is 2. The van der Waals surface area contributed by atoms with E-state index in [2.05, 4.69) is 52.4 Å². The van der Waals surface area contributed by atoms with Gasteiger partial charge in [-0.25, -0.2) is 4.98 Å². The highest BCUT2D eigenvalue weighted by Crippen LogP contribution is 2.32. The van der Waals surface area contributed by atoms with Crippen LogP contribution in [0.4, 0.5) is 0 Å². The average Bonchev–Trinajstić information content (AvgIpc) is 2.96. The van der Waals surface area contributed by atoms with E-state index in [0.29, 0.717) is 6.54 Å². The first kappa shape index (κ1) is 11.4. The van der Waals surface area contributed by atoms with Gasteiger partial charge in [-0.1, -0.05) is 18.2 Å². The summed E-state index contributed by atoms with van der Waals surface area (Å²) >= 11 is 1.69. The molecule has 0 spiro atoms. The van der Waals surface area contributed by atoms with E-state index in [-0.39, 0.29) is 0 Å². The Morgan fingerprint density at radius 3 is 3.00 bits per heavy atom. The molecule has 1 aromatic carbocycles. The molecule has 0 radical (unpaired) electrons. The molecular formula is C14H15N3S. The van der Waals surface area contributed by atoms with Crippen LogP contribution < -0.4 is 5.73 Å². The highest BCUT2D eigenvalue weighted by molar-refractivity contribution is 7.13. The summed E-state index contributed by atoms with van der Waals surface area (Å²) < 4.78 is 2.15. The molecule has 2 heterocycles. The van der Waals surface area contributed by atoms with Crippen LogP contribution in [0.25, 0.3) is 21.5 Å². The molecule has 18 heavy (non-hydrogen) atoms. The molecule has 0 saturated heterocycles. The SMILES string of the molecule is Cn1cc(-c2nc(CCN)cs2)c2ccccc21. The van der Waals surface area contributed by atoms with Gasteiger partial charge in [0.05, 0.1) is 5.69 Å². The molecular weight excluding hydrogens is 242 g/mol. The molecule has 92 valence electrons. The number of nitrogens with two attached hydrogens (primary N) is 1. The molecule has 0 saturated carbocycles. The Balaban J connectivity index is 2.13. The average molecular weight is 257 g/mol. The van der Waals surface area contributed by atoms with E-state index in [9.17, 15) is 0 Å². The summed E-state index contributed by atoms with van der Waals surface area (Å²) in [6.45, 7) is 0.651. The minimum Gasteiger partial charge on any atom is -0.350 e. The number of aryl methyl sites for hydroxylation is 1. The van der Waals surface area contributed by atoms with Crippen LogP contribution in [0.1, 0.15) is 5.69 Å². The number of hydrogen-bond acceptors (Lipinski definition) is 3. The van der Waals surface area contributed by atoms with Gasteiger partial charge in [0.1, 0.15) is 5.01 Å². The van der Waals surface area contributed by atoms with Crippen molar-refractivity contribution < 1.29 is 0 Å². The molecule has 0 atom stereocenters. The van der Waals surface area contributed by atoms with Gasteiger partial charge in [0.15, 0.2) is 0 Å². The van der Waals surface area contributed by atoms with Gasteiger partial charge in [-0.3, -0.25) is 0 Å². The molecule has 2 aromatic heterocycles. The maximum Gasteiger partial charge on any atom is 0.125 e. The zero-order valence-corrected chi connectivity index (χ0v) is 11.1. The predicted molar refractivity (Wildman–Crippen MR) is 76.8 cm³/mol.